The quantitative estimate of drug-likeness (QED) is 0.207. The number of carboxylic acid groups (broad SMARTS) is 2. The maximum atomic E-state index is 12.3. The molecule has 0 aromatic carbocycles. The van der Waals surface area contributed by atoms with E-state index in [9.17, 15) is 34.5 Å². The Morgan fingerprint density at radius 1 is 1.21 bits per heavy atom. The molecular weight excluding hydrogens is 390 g/mol. The van der Waals surface area contributed by atoms with Gasteiger partial charge in [0, 0.05) is 29.9 Å². The number of hydrogen-bond donors (Lipinski definition) is 4. The summed E-state index contributed by atoms with van der Waals surface area (Å²) in [5, 5.41) is 35.2. The van der Waals surface area contributed by atoms with Crippen molar-refractivity contribution in [3.05, 3.63) is 0 Å². The number of aliphatic hydroxyl groups is 1. The van der Waals surface area contributed by atoms with Crippen molar-refractivity contribution in [1.82, 2.24) is 10.6 Å². The molecule has 0 aliphatic heterocycles. The van der Waals surface area contributed by atoms with Gasteiger partial charge in [-0.15, -0.1) is 0 Å². The maximum absolute atomic E-state index is 12.3. The highest BCUT2D eigenvalue weighted by molar-refractivity contribution is 8.00. The van der Waals surface area contributed by atoms with Crippen LogP contribution in [0.3, 0.4) is 0 Å². The highest BCUT2D eigenvalue weighted by Crippen LogP contribution is 2.33. The van der Waals surface area contributed by atoms with Gasteiger partial charge in [-0.05, 0) is 12.8 Å². The lowest BCUT2D eigenvalue weighted by atomic mass is 10.0. The topological polar surface area (TPSA) is 186 Å². The molecule has 10 nitrogen and oxygen atoms in total. The highest BCUT2D eigenvalue weighted by atomic mass is 32.2. The number of aliphatic carboxylic acids is 2. The maximum Gasteiger partial charge on any atom is 0.243 e. The summed E-state index contributed by atoms with van der Waals surface area (Å²) in [5.74, 6) is -3.90. The fourth-order valence-corrected chi connectivity index (χ4v) is 3.86. The number of hydrogen-bond acceptors (Lipinski definition) is 8. The first-order valence-electron chi connectivity index (χ1n) is 9.10. The second-order valence-corrected chi connectivity index (χ2v) is 8.36. The Bertz CT molecular complexity index is 539. The third-order valence-corrected chi connectivity index (χ3v) is 5.73. The average molecular weight is 421 g/mol. The number of amides is 2. The van der Waals surface area contributed by atoms with Crippen LogP contribution in [0, 0.1) is 0 Å². The Kier molecular flexibility index (Phi) is 12.5. The van der Waals surface area contributed by atoms with Gasteiger partial charge in [0.2, 0.25) is 11.8 Å². The largest absolute Gasteiger partial charge is 0.548 e. The monoisotopic (exact) mass is 420 g/mol. The molecule has 0 rings (SSSR count). The number of carbonyl (C=O) groups excluding carboxylic acids is 4. The summed E-state index contributed by atoms with van der Waals surface area (Å²) >= 11 is 1.40. The van der Waals surface area contributed by atoms with E-state index < -0.39 is 42.4 Å². The van der Waals surface area contributed by atoms with Gasteiger partial charge in [0.15, 0.2) is 0 Å². The Morgan fingerprint density at radius 3 is 2.36 bits per heavy atom. The van der Waals surface area contributed by atoms with E-state index in [4.69, 9.17) is 0 Å². The molecule has 0 aliphatic rings. The highest BCUT2D eigenvalue weighted by Gasteiger charge is 2.28. The first-order valence-corrected chi connectivity index (χ1v) is 10.1. The number of nitrogens with one attached hydrogen (secondary N) is 2. The van der Waals surface area contributed by atoms with Gasteiger partial charge < -0.3 is 41.3 Å². The minimum atomic E-state index is -1.46. The SMILES string of the molecule is CCCC(C)(CCO)SC[C@H](NC(=O)CC[C@H]([NH3+])C(=O)[O-])C(=O)NCC(=O)[O-]. The van der Waals surface area contributed by atoms with Crippen molar-refractivity contribution in [3.8, 4) is 0 Å². The van der Waals surface area contributed by atoms with Gasteiger partial charge in [-0.3, -0.25) is 9.59 Å². The summed E-state index contributed by atoms with van der Waals surface area (Å²) in [6, 6.07) is -2.07. The van der Waals surface area contributed by atoms with E-state index >= 15 is 0 Å². The van der Waals surface area contributed by atoms with Crippen LogP contribution >= 0.6 is 11.8 Å². The van der Waals surface area contributed by atoms with E-state index in [0.717, 1.165) is 12.8 Å². The van der Waals surface area contributed by atoms with Gasteiger partial charge in [-0.1, -0.05) is 20.3 Å². The van der Waals surface area contributed by atoms with Crippen LogP contribution in [0.15, 0.2) is 0 Å². The van der Waals surface area contributed by atoms with Gasteiger partial charge in [0.05, 0.1) is 18.5 Å². The fraction of sp³-hybridized carbons (Fsp3) is 0.765. The minimum absolute atomic E-state index is 0.0223. The summed E-state index contributed by atoms with van der Waals surface area (Å²) in [4.78, 5) is 45.6. The van der Waals surface area contributed by atoms with Crippen LogP contribution in [0.25, 0.3) is 0 Å². The van der Waals surface area contributed by atoms with Crippen molar-refractivity contribution in [2.75, 3.05) is 18.9 Å². The van der Waals surface area contributed by atoms with E-state index in [2.05, 4.69) is 16.4 Å². The Morgan fingerprint density at radius 2 is 1.86 bits per heavy atom. The Labute approximate surface area is 168 Å². The van der Waals surface area contributed by atoms with Crippen LogP contribution in [0.2, 0.25) is 0 Å². The van der Waals surface area contributed by atoms with Crippen LogP contribution in [0.5, 0.6) is 0 Å². The zero-order valence-corrected chi connectivity index (χ0v) is 17.1. The van der Waals surface area contributed by atoms with Crippen molar-refractivity contribution in [2.24, 2.45) is 0 Å². The van der Waals surface area contributed by atoms with Crippen LogP contribution in [0.1, 0.15) is 46.0 Å². The van der Waals surface area contributed by atoms with Gasteiger partial charge in [-0.25, -0.2) is 0 Å². The van der Waals surface area contributed by atoms with E-state index in [-0.39, 0.29) is 29.9 Å². The molecule has 0 fully saturated rings. The van der Waals surface area contributed by atoms with Crippen LogP contribution < -0.4 is 26.6 Å². The Balaban J connectivity index is 4.98. The molecule has 0 aromatic rings. The van der Waals surface area contributed by atoms with E-state index in [1.165, 1.54) is 11.8 Å². The standard InChI is InChI=1S/C17H31N3O7S/c1-3-6-17(2,7-8-21)28-10-12(15(25)19-9-14(23)24)20-13(22)5-4-11(18)16(26)27/h11-12,21H,3-10,18H2,1-2H3,(H,19,25)(H,20,22)(H,23,24)(H,26,27)/p-1/t11-,12-,17?/m0/s1. The first-order chi connectivity index (χ1) is 13.0. The first kappa shape index (κ1) is 26.1. The van der Waals surface area contributed by atoms with Gasteiger partial charge in [-0.2, -0.15) is 11.8 Å². The lowest BCUT2D eigenvalue weighted by Crippen LogP contribution is -2.68. The molecule has 6 N–H and O–H groups in total. The molecule has 11 heteroatoms. The lowest BCUT2D eigenvalue weighted by molar-refractivity contribution is -0.438. The molecule has 0 bridgehead atoms. The van der Waals surface area contributed by atoms with Crippen LogP contribution in [-0.4, -0.2) is 64.6 Å². The van der Waals surface area contributed by atoms with Gasteiger partial charge >= 0.3 is 0 Å². The second kappa shape index (κ2) is 13.3. The second-order valence-electron chi connectivity index (χ2n) is 6.75. The summed E-state index contributed by atoms with van der Waals surface area (Å²) in [6.45, 7) is 3.23. The fourth-order valence-electron chi connectivity index (χ4n) is 2.47. The summed E-state index contributed by atoms with van der Waals surface area (Å²) in [7, 11) is 0. The molecule has 0 radical (unpaired) electrons. The van der Waals surface area contributed by atoms with Gasteiger partial charge in [0.1, 0.15) is 12.1 Å². The zero-order chi connectivity index (χ0) is 21.7. The predicted octanol–water partition coefficient (Wildman–Crippen LogP) is -3.85. The normalized spacial score (nSPS) is 15.1. The molecule has 0 saturated heterocycles. The van der Waals surface area contributed by atoms with Crippen molar-refractivity contribution >= 4 is 35.5 Å². The number of quaternary nitrogens is 1. The van der Waals surface area contributed by atoms with Gasteiger partial charge in [0.25, 0.3) is 0 Å². The Hall–Kier alpha value is -1.85. The minimum Gasteiger partial charge on any atom is -0.548 e. The number of thioether (sulfide) groups is 1. The third kappa shape index (κ3) is 11.1. The molecule has 28 heavy (non-hydrogen) atoms. The molecule has 3 atom stereocenters. The zero-order valence-electron chi connectivity index (χ0n) is 16.3. The van der Waals surface area contributed by atoms with E-state index in [0.29, 0.717) is 6.42 Å². The van der Waals surface area contributed by atoms with Crippen LogP contribution in [-0.2, 0) is 19.2 Å². The molecule has 0 saturated carbocycles. The summed E-state index contributed by atoms with van der Waals surface area (Å²) < 4.78 is -0.311. The smallest absolute Gasteiger partial charge is 0.243 e. The summed E-state index contributed by atoms with van der Waals surface area (Å²) in [5.41, 5.74) is 3.36. The predicted molar refractivity (Wildman–Crippen MR) is 98.3 cm³/mol. The van der Waals surface area contributed by atoms with Crippen molar-refractivity contribution < 1.29 is 40.2 Å². The molecule has 162 valence electrons. The number of carbonyl (C=O) groups is 4. The number of aliphatic hydroxyl groups excluding tert-OH is 1. The summed E-state index contributed by atoms with van der Waals surface area (Å²) in [6.07, 6.45) is 1.94. The molecule has 1 unspecified atom stereocenters. The van der Waals surface area contributed by atoms with Crippen molar-refractivity contribution in [1.29, 1.82) is 0 Å². The molecule has 0 heterocycles. The number of rotatable bonds is 15. The van der Waals surface area contributed by atoms with E-state index in [1.54, 1.807) is 0 Å². The molecule has 0 aliphatic carbocycles. The average Bonchev–Trinajstić information content (AvgIpc) is 2.61. The third-order valence-electron chi connectivity index (χ3n) is 4.13. The number of carboxylic acids is 2. The molecule has 0 aromatic heterocycles. The van der Waals surface area contributed by atoms with E-state index in [1.807, 2.05) is 13.8 Å². The van der Waals surface area contributed by atoms with Crippen LogP contribution in [0.4, 0.5) is 0 Å². The van der Waals surface area contributed by atoms with Crippen molar-refractivity contribution in [2.45, 2.75) is 62.8 Å². The van der Waals surface area contributed by atoms with Crippen molar-refractivity contribution in [3.63, 3.8) is 0 Å². The lowest BCUT2D eigenvalue weighted by Gasteiger charge is -2.30. The molecular formula is C17H30N3O7S-. The molecule has 0 spiro atoms. The molecule has 2 amide bonds.